The Morgan fingerprint density at radius 1 is 1.45 bits per heavy atom. The van der Waals surface area contributed by atoms with Crippen molar-refractivity contribution in [2.75, 3.05) is 18.1 Å². The number of sulfone groups is 1. The van der Waals surface area contributed by atoms with Crippen molar-refractivity contribution >= 4 is 21.4 Å². The third-order valence-electron chi connectivity index (χ3n) is 3.47. The summed E-state index contributed by atoms with van der Waals surface area (Å²) < 4.78 is 23.0. The summed E-state index contributed by atoms with van der Waals surface area (Å²) in [5.41, 5.74) is 0.110. The van der Waals surface area contributed by atoms with Crippen molar-refractivity contribution in [2.45, 2.75) is 24.3 Å². The van der Waals surface area contributed by atoms with E-state index in [1.165, 1.54) is 18.2 Å². The molecule has 1 fully saturated rings. The summed E-state index contributed by atoms with van der Waals surface area (Å²) in [5, 5.41) is 15.4. The van der Waals surface area contributed by atoms with E-state index >= 15 is 0 Å². The number of carbonyl (C=O) groups excluding carboxylic acids is 1. The van der Waals surface area contributed by atoms with E-state index in [1.54, 1.807) is 0 Å². The van der Waals surface area contributed by atoms with E-state index in [0.717, 1.165) is 19.2 Å². The highest BCUT2D eigenvalue weighted by atomic mass is 32.2. The Kier molecular flexibility index (Phi) is 4.01. The maximum absolute atomic E-state index is 12.1. The van der Waals surface area contributed by atoms with Crippen molar-refractivity contribution in [1.82, 2.24) is 5.32 Å². The number of hydrogen-bond donors (Lipinski definition) is 3. The normalized spacial score (nSPS) is 22.7. The first kappa shape index (κ1) is 14.8. The number of nitrogens with one attached hydrogen (secondary N) is 2. The summed E-state index contributed by atoms with van der Waals surface area (Å²) in [6.07, 6.45) is 1.99. The minimum atomic E-state index is -3.39. The molecule has 110 valence electrons. The van der Waals surface area contributed by atoms with E-state index in [9.17, 15) is 18.3 Å². The lowest BCUT2D eigenvalue weighted by Crippen LogP contribution is -2.39. The molecule has 7 heteroatoms. The molecule has 0 bridgehead atoms. The Morgan fingerprint density at radius 2 is 2.15 bits per heavy atom. The molecule has 1 saturated heterocycles. The van der Waals surface area contributed by atoms with Crippen LogP contribution in [0.25, 0.3) is 0 Å². The molecule has 0 spiro atoms. The van der Waals surface area contributed by atoms with Gasteiger partial charge in [0.1, 0.15) is 5.75 Å². The molecule has 1 aliphatic rings. The number of amides is 1. The standard InChI is InChI=1S/C13H18N2O4S/c1-8-5-6-14-12(8)13(17)15-10-7-9(20(2,18)19)3-4-11(10)16/h3-4,7-8,12,14,16H,5-6H2,1-2H3,(H,15,17). The lowest BCUT2D eigenvalue weighted by molar-refractivity contribution is -0.118. The smallest absolute Gasteiger partial charge is 0.241 e. The van der Waals surface area contributed by atoms with E-state index in [-0.39, 0.29) is 34.2 Å². The van der Waals surface area contributed by atoms with Crippen LogP contribution >= 0.6 is 0 Å². The van der Waals surface area contributed by atoms with Crippen molar-refractivity contribution in [3.05, 3.63) is 18.2 Å². The van der Waals surface area contributed by atoms with Gasteiger partial charge in [-0.1, -0.05) is 6.92 Å². The van der Waals surface area contributed by atoms with Gasteiger partial charge in [-0.15, -0.1) is 0 Å². The SMILES string of the molecule is CC1CCNC1C(=O)Nc1cc(S(C)(=O)=O)ccc1O. The first-order chi connectivity index (χ1) is 9.29. The van der Waals surface area contributed by atoms with Gasteiger partial charge in [-0.25, -0.2) is 8.42 Å². The van der Waals surface area contributed by atoms with Gasteiger partial charge in [0.05, 0.1) is 16.6 Å². The molecule has 0 radical (unpaired) electrons. The molecule has 0 saturated carbocycles. The summed E-state index contributed by atoms with van der Waals surface area (Å²) in [4.78, 5) is 12.2. The van der Waals surface area contributed by atoms with Gasteiger partial charge in [0, 0.05) is 6.26 Å². The number of phenols is 1. The van der Waals surface area contributed by atoms with Crippen LogP contribution in [-0.2, 0) is 14.6 Å². The van der Waals surface area contributed by atoms with Crippen LogP contribution < -0.4 is 10.6 Å². The summed E-state index contributed by atoms with van der Waals surface area (Å²) in [6, 6.07) is 3.51. The molecule has 2 rings (SSSR count). The Morgan fingerprint density at radius 3 is 2.70 bits per heavy atom. The van der Waals surface area contributed by atoms with Gasteiger partial charge in [0.15, 0.2) is 9.84 Å². The molecule has 1 heterocycles. The highest BCUT2D eigenvalue weighted by molar-refractivity contribution is 7.90. The van der Waals surface area contributed by atoms with E-state index in [1.807, 2.05) is 6.92 Å². The Labute approximate surface area is 118 Å². The minimum Gasteiger partial charge on any atom is -0.506 e. The van der Waals surface area contributed by atoms with Crippen molar-refractivity contribution in [1.29, 1.82) is 0 Å². The van der Waals surface area contributed by atoms with Gasteiger partial charge in [-0.3, -0.25) is 4.79 Å². The number of aromatic hydroxyl groups is 1. The average molecular weight is 298 g/mol. The number of anilines is 1. The Balaban J connectivity index is 2.22. The van der Waals surface area contributed by atoms with Crippen LogP contribution in [-0.4, -0.2) is 38.3 Å². The third kappa shape index (κ3) is 3.10. The highest BCUT2D eigenvalue weighted by Gasteiger charge is 2.29. The topological polar surface area (TPSA) is 95.5 Å². The van der Waals surface area contributed by atoms with Gasteiger partial charge < -0.3 is 15.7 Å². The van der Waals surface area contributed by atoms with Crippen molar-refractivity contribution in [3.8, 4) is 5.75 Å². The second kappa shape index (κ2) is 5.41. The molecular formula is C13H18N2O4S. The molecule has 0 aromatic heterocycles. The molecule has 1 aromatic carbocycles. The molecule has 1 aliphatic heterocycles. The Bertz CT molecular complexity index is 627. The van der Waals surface area contributed by atoms with E-state index in [4.69, 9.17) is 0 Å². The van der Waals surface area contributed by atoms with E-state index in [0.29, 0.717) is 0 Å². The van der Waals surface area contributed by atoms with Crippen molar-refractivity contribution in [2.24, 2.45) is 5.92 Å². The predicted molar refractivity (Wildman–Crippen MR) is 75.4 cm³/mol. The van der Waals surface area contributed by atoms with Crippen LogP contribution in [0.2, 0.25) is 0 Å². The van der Waals surface area contributed by atoms with Gasteiger partial charge in [-0.05, 0) is 37.1 Å². The van der Waals surface area contributed by atoms with Crippen molar-refractivity contribution < 1.29 is 18.3 Å². The maximum atomic E-state index is 12.1. The number of phenolic OH excluding ortho intramolecular Hbond substituents is 1. The lowest BCUT2D eigenvalue weighted by atomic mass is 10.0. The highest BCUT2D eigenvalue weighted by Crippen LogP contribution is 2.27. The average Bonchev–Trinajstić information content (AvgIpc) is 2.77. The van der Waals surface area contributed by atoms with Crippen molar-refractivity contribution in [3.63, 3.8) is 0 Å². The zero-order valence-electron chi connectivity index (χ0n) is 11.4. The molecule has 1 amide bonds. The fraction of sp³-hybridized carbons (Fsp3) is 0.462. The molecule has 1 aromatic rings. The summed E-state index contributed by atoms with van der Waals surface area (Å²) in [6.45, 7) is 2.74. The maximum Gasteiger partial charge on any atom is 0.241 e. The fourth-order valence-corrected chi connectivity index (χ4v) is 2.89. The quantitative estimate of drug-likeness (QED) is 0.715. The van der Waals surface area contributed by atoms with Crippen LogP contribution in [0.15, 0.2) is 23.1 Å². The summed E-state index contributed by atoms with van der Waals surface area (Å²) >= 11 is 0. The molecule has 6 nitrogen and oxygen atoms in total. The van der Waals surface area contributed by atoms with Crippen LogP contribution in [0.4, 0.5) is 5.69 Å². The molecule has 2 unspecified atom stereocenters. The lowest BCUT2D eigenvalue weighted by Gasteiger charge is -2.16. The van der Waals surface area contributed by atoms with Crippen LogP contribution in [0.5, 0.6) is 5.75 Å². The zero-order valence-corrected chi connectivity index (χ0v) is 12.2. The number of carbonyl (C=O) groups is 1. The van der Waals surface area contributed by atoms with Gasteiger partial charge in [0.25, 0.3) is 0 Å². The molecule has 0 aliphatic carbocycles. The number of rotatable bonds is 3. The van der Waals surface area contributed by atoms with Crippen LogP contribution in [0.3, 0.4) is 0 Å². The van der Waals surface area contributed by atoms with Gasteiger partial charge >= 0.3 is 0 Å². The summed E-state index contributed by atoms with van der Waals surface area (Å²) in [7, 11) is -3.39. The monoisotopic (exact) mass is 298 g/mol. The molecule has 20 heavy (non-hydrogen) atoms. The summed E-state index contributed by atoms with van der Waals surface area (Å²) in [5.74, 6) is -0.220. The van der Waals surface area contributed by atoms with Crippen LogP contribution in [0, 0.1) is 5.92 Å². The minimum absolute atomic E-state index is 0.0537. The van der Waals surface area contributed by atoms with E-state index < -0.39 is 9.84 Å². The first-order valence-corrected chi connectivity index (χ1v) is 8.25. The molecular weight excluding hydrogens is 280 g/mol. The van der Waals surface area contributed by atoms with Gasteiger partial charge in [0.2, 0.25) is 5.91 Å². The molecule has 3 N–H and O–H groups in total. The zero-order chi connectivity index (χ0) is 14.9. The number of benzene rings is 1. The third-order valence-corrected chi connectivity index (χ3v) is 4.58. The van der Waals surface area contributed by atoms with Crippen LogP contribution in [0.1, 0.15) is 13.3 Å². The fourth-order valence-electron chi connectivity index (χ4n) is 2.24. The second-order valence-electron chi connectivity index (χ2n) is 5.14. The van der Waals surface area contributed by atoms with E-state index in [2.05, 4.69) is 10.6 Å². The largest absolute Gasteiger partial charge is 0.506 e. The van der Waals surface area contributed by atoms with Gasteiger partial charge in [-0.2, -0.15) is 0 Å². The molecule has 2 atom stereocenters. The number of hydrogen-bond acceptors (Lipinski definition) is 5. The first-order valence-electron chi connectivity index (χ1n) is 6.36. The second-order valence-corrected chi connectivity index (χ2v) is 7.15. The predicted octanol–water partition coefficient (Wildman–Crippen LogP) is 0.732. The Hall–Kier alpha value is -1.60.